The van der Waals surface area contributed by atoms with Gasteiger partial charge in [-0.3, -0.25) is 0 Å². The summed E-state index contributed by atoms with van der Waals surface area (Å²) in [6.45, 7) is 17.2. The van der Waals surface area contributed by atoms with Gasteiger partial charge in [0.1, 0.15) is 0 Å². The Bertz CT molecular complexity index is 79.0. The molecule has 0 fully saturated rings. The van der Waals surface area contributed by atoms with Gasteiger partial charge < -0.3 is 10.2 Å². The molecule has 2 N–H and O–H groups in total. The van der Waals surface area contributed by atoms with Crippen molar-refractivity contribution in [3.05, 3.63) is 0 Å². The second-order valence-corrected chi connectivity index (χ2v) is 3.75. The van der Waals surface area contributed by atoms with Crippen LogP contribution in [0.2, 0.25) is 0 Å². The summed E-state index contributed by atoms with van der Waals surface area (Å²) in [5, 5.41) is 0. The molecule has 0 amide bonds. The van der Waals surface area contributed by atoms with Crippen LogP contribution < -0.4 is 5.73 Å². The molecule has 0 rings (SSSR count). The number of hydrogen-bond acceptors (Lipinski definition) is 1. The standard InChI is InChI=1S/C8H20N.C4H11N/c1-5-9(6-2,7-3)8-4;1-2-3-4-5/h5-8H2,1-4H3;2-5H2,1H3/q+1;. The Morgan fingerprint density at radius 2 is 1.14 bits per heavy atom. The van der Waals surface area contributed by atoms with Gasteiger partial charge >= 0.3 is 0 Å². The van der Waals surface area contributed by atoms with Crippen molar-refractivity contribution in [2.75, 3.05) is 32.7 Å². The number of nitrogens with two attached hydrogens (primary N) is 1. The van der Waals surface area contributed by atoms with Crippen LogP contribution in [0.15, 0.2) is 0 Å². The Morgan fingerprint density at radius 3 is 1.14 bits per heavy atom. The van der Waals surface area contributed by atoms with Gasteiger partial charge in [-0.05, 0) is 40.7 Å². The lowest BCUT2D eigenvalue weighted by Crippen LogP contribution is -2.47. The molecular formula is C12H31N2+. The van der Waals surface area contributed by atoms with E-state index in [1.54, 1.807) is 0 Å². The van der Waals surface area contributed by atoms with E-state index < -0.39 is 0 Å². The zero-order valence-corrected chi connectivity index (χ0v) is 11.0. The second-order valence-electron chi connectivity index (χ2n) is 3.75. The van der Waals surface area contributed by atoms with Crippen LogP contribution in [-0.4, -0.2) is 37.2 Å². The van der Waals surface area contributed by atoms with Crippen LogP contribution in [0, 0.1) is 0 Å². The van der Waals surface area contributed by atoms with E-state index in [-0.39, 0.29) is 0 Å². The lowest BCUT2D eigenvalue weighted by molar-refractivity contribution is -0.921. The largest absolute Gasteiger partial charge is 0.330 e. The lowest BCUT2D eigenvalue weighted by atomic mass is 10.3. The Labute approximate surface area is 91.1 Å². The van der Waals surface area contributed by atoms with E-state index in [4.69, 9.17) is 5.73 Å². The fraction of sp³-hybridized carbons (Fsp3) is 1.00. The topological polar surface area (TPSA) is 26.0 Å². The monoisotopic (exact) mass is 203 g/mol. The number of hydrogen-bond donors (Lipinski definition) is 1. The normalized spacial score (nSPS) is 10.7. The summed E-state index contributed by atoms with van der Waals surface area (Å²) in [7, 11) is 0. The molecule has 0 atom stereocenters. The summed E-state index contributed by atoms with van der Waals surface area (Å²) in [5.41, 5.74) is 5.14. The number of quaternary nitrogens is 1. The first-order valence-corrected chi connectivity index (χ1v) is 6.21. The van der Waals surface area contributed by atoms with Crippen LogP contribution >= 0.6 is 0 Å². The highest BCUT2D eigenvalue weighted by Gasteiger charge is 2.16. The van der Waals surface area contributed by atoms with Gasteiger partial charge in [-0.2, -0.15) is 0 Å². The van der Waals surface area contributed by atoms with Crippen molar-refractivity contribution >= 4 is 0 Å². The molecule has 2 heteroatoms. The summed E-state index contributed by atoms with van der Waals surface area (Å²) in [6, 6.07) is 0. The predicted molar refractivity (Wildman–Crippen MR) is 66.4 cm³/mol. The molecule has 0 aromatic carbocycles. The minimum Gasteiger partial charge on any atom is -0.330 e. The third-order valence-corrected chi connectivity index (χ3v) is 3.24. The summed E-state index contributed by atoms with van der Waals surface area (Å²) in [5.74, 6) is 0. The Balaban J connectivity index is 0. The molecule has 2 nitrogen and oxygen atoms in total. The molecule has 14 heavy (non-hydrogen) atoms. The maximum absolute atomic E-state index is 5.14. The number of rotatable bonds is 6. The van der Waals surface area contributed by atoms with E-state index in [9.17, 15) is 0 Å². The van der Waals surface area contributed by atoms with Gasteiger partial charge in [0.25, 0.3) is 0 Å². The molecular weight excluding hydrogens is 172 g/mol. The van der Waals surface area contributed by atoms with E-state index in [0.717, 1.165) is 6.54 Å². The van der Waals surface area contributed by atoms with Crippen molar-refractivity contribution in [2.24, 2.45) is 5.73 Å². The van der Waals surface area contributed by atoms with E-state index in [1.807, 2.05) is 0 Å². The maximum Gasteiger partial charge on any atom is 0.0757 e. The highest BCUT2D eigenvalue weighted by molar-refractivity contribution is 4.31. The van der Waals surface area contributed by atoms with Crippen molar-refractivity contribution in [1.29, 1.82) is 0 Å². The first kappa shape index (κ1) is 16.4. The smallest absolute Gasteiger partial charge is 0.0757 e. The molecule has 0 saturated heterocycles. The summed E-state index contributed by atoms with van der Waals surface area (Å²) in [6.07, 6.45) is 2.39. The van der Waals surface area contributed by atoms with Crippen LogP contribution in [0.4, 0.5) is 0 Å². The van der Waals surface area contributed by atoms with Gasteiger partial charge in [0.2, 0.25) is 0 Å². The first-order chi connectivity index (χ1) is 6.66. The van der Waals surface area contributed by atoms with Gasteiger partial charge in [0.15, 0.2) is 0 Å². The molecule has 0 spiro atoms. The van der Waals surface area contributed by atoms with Gasteiger partial charge in [-0.25, -0.2) is 0 Å². The van der Waals surface area contributed by atoms with E-state index in [1.165, 1.54) is 43.5 Å². The van der Waals surface area contributed by atoms with Crippen LogP contribution in [0.1, 0.15) is 47.5 Å². The van der Waals surface area contributed by atoms with Crippen LogP contribution in [0.25, 0.3) is 0 Å². The minimum atomic E-state index is 0.844. The van der Waals surface area contributed by atoms with E-state index in [0.29, 0.717) is 0 Å². The van der Waals surface area contributed by atoms with Gasteiger partial charge in [-0.1, -0.05) is 13.3 Å². The maximum atomic E-state index is 5.14. The van der Waals surface area contributed by atoms with Gasteiger partial charge in [0, 0.05) is 0 Å². The lowest BCUT2D eigenvalue weighted by Gasteiger charge is -2.34. The van der Waals surface area contributed by atoms with Crippen molar-refractivity contribution in [3.63, 3.8) is 0 Å². The molecule has 0 saturated carbocycles. The zero-order valence-electron chi connectivity index (χ0n) is 11.0. The Hall–Kier alpha value is -0.0800. The Kier molecular flexibility index (Phi) is 12.8. The Morgan fingerprint density at radius 1 is 0.786 bits per heavy atom. The third kappa shape index (κ3) is 7.34. The molecule has 0 bridgehead atoms. The van der Waals surface area contributed by atoms with Crippen molar-refractivity contribution in [3.8, 4) is 0 Å². The highest BCUT2D eigenvalue weighted by atomic mass is 15.3. The van der Waals surface area contributed by atoms with E-state index >= 15 is 0 Å². The average Bonchev–Trinajstić information content (AvgIpc) is 2.24. The molecule has 0 aromatic rings. The summed E-state index contributed by atoms with van der Waals surface area (Å²) in [4.78, 5) is 0. The average molecular weight is 203 g/mol. The molecule has 0 radical (unpaired) electrons. The number of nitrogens with zero attached hydrogens (tertiary/aromatic N) is 1. The summed E-state index contributed by atoms with van der Waals surface area (Å²) >= 11 is 0. The summed E-state index contributed by atoms with van der Waals surface area (Å²) < 4.78 is 1.28. The van der Waals surface area contributed by atoms with Crippen LogP contribution in [0.5, 0.6) is 0 Å². The first-order valence-electron chi connectivity index (χ1n) is 6.21. The van der Waals surface area contributed by atoms with Gasteiger partial charge in [-0.15, -0.1) is 0 Å². The van der Waals surface area contributed by atoms with Crippen LogP contribution in [-0.2, 0) is 0 Å². The molecule has 0 aromatic heterocycles. The molecule has 0 aliphatic heterocycles. The molecule has 0 aliphatic rings. The fourth-order valence-corrected chi connectivity index (χ4v) is 1.55. The third-order valence-electron chi connectivity index (χ3n) is 3.24. The van der Waals surface area contributed by atoms with E-state index in [2.05, 4.69) is 34.6 Å². The minimum absolute atomic E-state index is 0.844. The van der Waals surface area contributed by atoms with Crippen LogP contribution in [0.3, 0.4) is 0 Å². The quantitative estimate of drug-likeness (QED) is 0.660. The second kappa shape index (κ2) is 11.0. The van der Waals surface area contributed by atoms with Crippen molar-refractivity contribution in [2.45, 2.75) is 47.5 Å². The molecule has 0 aliphatic carbocycles. The fourth-order valence-electron chi connectivity index (χ4n) is 1.55. The molecule has 0 unspecified atom stereocenters. The SMILES string of the molecule is CCCCN.CC[N+](CC)(CC)CC. The highest BCUT2D eigenvalue weighted by Crippen LogP contribution is 2.03. The van der Waals surface area contributed by atoms with Crippen molar-refractivity contribution in [1.82, 2.24) is 0 Å². The molecule has 88 valence electrons. The zero-order chi connectivity index (χ0) is 11.4. The number of unbranched alkanes of at least 4 members (excludes halogenated alkanes) is 1. The van der Waals surface area contributed by atoms with Crippen molar-refractivity contribution < 1.29 is 4.48 Å². The van der Waals surface area contributed by atoms with Gasteiger partial charge in [0.05, 0.1) is 26.2 Å². The molecule has 0 heterocycles. The predicted octanol–water partition coefficient (Wildman–Crippen LogP) is 2.63.